The third kappa shape index (κ3) is 4.58. The molecule has 0 unspecified atom stereocenters. The van der Waals surface area contributed by atoms with E-state index in [1.165, 1.54) is 19.2 Å². The lowest BCUT2D eigenvalue weighted by atomic mass is 10.1. The second kappa shape index (κ2) is 9.29. The van der Waals surface area contributed by atoms with Crippen LogP contribution in [-0.4, -0.2) is 44.1 Å². The molecule has 0 radical (unpaired) electrons. The zero-order valence-corrected chi connectivity index (χ0v) is 17.0. The van der Waals surface area contributed by atoms with Gasteiger partial charge in [-0.05, 0) is 47.1 Å². The number of nitrogens with zero attached hydrogens (tertiary/aromatic N) is 8. The van der Waals surface area contributed by atoms with Crippen molar-refractivity contribution in [2.24, 2.45) is 10.2 Å². The number of fused-ring (bicyclic) bond motifs is 1. The van der Waals surface area contributed by atoms with Gasteiger partial charge in [-0.1, -0.05) is 0 Å². The number of hydrogen-bond donors (Lipinski definition) is 0. The highest BCUT2D eigenvalue weighted by Gasteiger charge is 2.12. The van der Waals surface area contributed by atoms with Crippen LogP contribution in [0.1, 0.15) is 24.6 Å². The summed E-state index contributed by atoms with van der Waals surface area (Å²) in [6.45, 7) is 1.90. The van der Waals surface area contributed by atoms with Crippen molar-refractivity contribution in [2.45, 2.75) is 13.3 Å². The smallest absolute Gasteiger partial charge is 0.265 e. The van der Waals surface area contributed by atoms with Gasteiger partial charge in [-0.25, -0.2) is 18.4 Å². The van der Waals surface area contributed by atoms with Crippen LogP contribution in [0.25, 0.3) is 28.1 Å². The SMILES string of the molecule is C/N=N\C(=C(/C)COc1ccc(-c2cnc3nonc3c2)nn1)c1ccc(C(F)F)cn1. The Morgan fingerprint density at radius 1 is 1.09 bits per heavy atom. The largest absolute Gasteiger partial charge is 0.472 e. The lowest BCUT2D eigenvalue weighted by Crippen LogP contribution is -2.04. The highest BCUT2D eigenvalue weighted by molar-refractivity contribution is 5.75. The average Bonchev–Trinajstić information content (AvgIpc) is 3.29. The molecule has 0 saturated carbocycles. The monoisotopic (exact) mass is 438 g/mol. The quantitative estimate of drug-likeness (QED) is 0.391. The second-order valence-electron chi connectivity index (χ2n) is 6.58. The van der Waals surface area contributed by atoms with Gasteiger partial charge in [0.1, 0.15) is 12.3 Å². The van der Waals surface area contributed by atoms with Gasteiger partial charge in [-0.3, -0.25) is 4.98 Å². The number of halogens is 2. The summed E-state index contributed by atoms with van der Waals surface area (Å²) in [5, 5.41) is 23.5. The molecule has 4 rings (SSSR count). The molecular weight excluding hydrogens is 422 g/mol. The average molecular weight is 438 g/mol. The van der Waals surface area contributed by atoms with E-state index in [9.17, 15) is 8.78 Å². The van der Waals surface area contributed by atoms with E-state index in [0.29, 0.717) is 45.3 Å². The molecule has 0 bridgehead atoms. The van der Waals surface area contributed by atoms with E-state index in [1.807, 2.05) is 0 Å². The third-order valence-electron chi connectivity index (χ3n) is 4.37. The van der Waals surface area contributed by atoms with Gasteiger partial charge in [-0.2, -0.15) is 10.2 Å². The first-order valence-electron chi connectivity index (χ1n) is 9.34. The standard InChI is InChI=1S/C20H16F2N8O2/c1-11(18(28-23-2)15-4-3-12(8-24-15)19(21)22)10-31-17-6-5-14(26-27-17)13-7-16-20(25-9-13)30-32-29-16/h3-9,19H,10H2,1-2H3/b18-11+,28-23-. The van der Waals surface area contributed by atoms with E-state index in [-0.39, 0.29) is 12.2 Å². The maximum Gasteiger partial charge on any atom is 0.265 e. The summed E-state index contributed by atoms with van der Waals surface area (Å²) in [6, 6.07) is 7.91. The number of pyridine rings is 2. The molecule has 0 spiro atoms. The van der Waals surface area contributed by atoms with Crippen LogP contribution in [0.3, 0.4) is 0 Å². The van der Waals surface area contributed by atoms with E-state index in [1.54, 1.807) is 31.3 Å². The molecule has 12 heteroatoms. The van der Waals surface area contributed by atoms with Crippen LogP contribution in [0, 0.1) is 0 Å². The molecule has 0 N–H and O–H groups in total. The van der Waals surface area contributed by atoms with Crippen molar-refractivity contribution in [1.82, 2.24) is 30.5 Å². The van der Waals surface area contributed by atoms with Gasteiger partial charge in [0.15, 0.2) is 5.52 Å². The maximum atomic E-state index is 12.8. The molecule has 0 atom stereocenters. The minimum absolute atomic E-state index is 0.124. The van der Waals surface area contributed by atoms with Gasteiger partial charge in [0.2, 0.25) is 11.5 Å². The van der Waals surface area contributed by atoms with Crippen molar-refractivity contribution < 1.29 is 18.1 Å². The Kier molecular flexibility index (Phi) is 6.10. The topological polar surface area (TPSA) is 124 Å². The molecule has 10 nitrogen and oxygen atoms in total. The van der Waals surface area contributed by atoms with Crippen LogP contribution in [-0.2, 0) is 0 Å². The molecular formula is C20H16F2N8O2. The van der Waals surface area contributed by atoms with Crippen molar-refractivity contribution in [3.8, 4) is 17.1 Å². The van der Waals surface area contributed by atoms with E-state index < -0.39 is 6.43 Å². The van der Waals surface area contributed by atoms with Gasteiger partial charge < -0.3 is 4.74 Å². The molecule has 0 aliphatic heterocycles. The first-order valence-corrected chi connectivity index (χ1v) is 9.34. The summed E-state index contributed by atoms with van der Waals surface area (Å²) >= 11 is 0. The van der Waals surface area contributed by atoms with E-state index in [4.69, 9.17) is 4.74 Å². The predicted octanol–water partition coefficient (Wildman–Crippen LogP) is 4.30. The van der Waals surface area contributed by atoms with Gasteiger partial charge in [-0.15, -0.1) is 10.2 Å². The number of hydrogen-bond acceptors (Lipinski definition) is 10. The Hall–Kier alpha value is -4.22. The van der Waals surface area contributed by atoms with Crippen molar-refractivity contribution in [3.05, 3.63) is 59.6 Å². The Balaban J connectivity index is 1.48. The molecule has 0 aliphatic carbocycles. The molecule has 0 aliphatic rings. The summed E-state index contributed by atoms with van der Waals surface area (Å²) in [5.74, 6) is 0.291. The number of rotatable bonds is 7. The van der Waals surface area contributed by atoms with Crippen molar-refractivity contribution >= 4 is 16.9 Å². The predicted molar refractivity (Wildman–Crippen MR) is 109 cm³/mol. The molecule has 4 aromatic rings. The normalized spacial score (nSPS) is 12.5. The zero-order valence-electron chi connectivity index (χ0n) is 17.0. The molecule has 32 heavy (non-hydrogen) atoms. The van der Waals surface area contributed by atoms with E-state index in [0.717, 1.165) is 6.20 Å². The Morgan fingerprint density at radius 2 is 1.97 bits per heavy atom. The second-order valence-corrected chi connectivity index (χ2v) is 6.58. The number of aromatic nitrogens is 6. The van der Waals surface area contributed by atoms with Crippen molar-refractivity contribution in [1.29, 1.82) is 0 Å². The van der Waals surface area contributed by atoms with Crippen LogP contribution < -0.4 is 4.74 Å². The summed E-state index contributed by atoms with van der Waals surface area (Å²) < 4.78 is 35.9. The van der Waals surface area contributed by atoms with Crippen LogP contribution >= 0.6 is 0 Å². The van der Waals surface area contributed by atoms with Gasteiger partial charge in [0.25, 0.3) is 6.43 Å². The molecule has 0 aromatic carbocycles. The molecule has 0 fully saturated rings. The molecule has 0 amide bonds. The van der Waals surface area contributed by atoms with Crippen LogP contribution in [0.15, 0.2) is 63.2 Å². The fraction of sp³-hybridized carbons (Fsp3) is 0.200. The minimum atomic E-state index is -2.59. The fourth-order valence-corrected chi connectivity index (χ4v) is 2.76. The Labute approximate surface area is 180 Å². The first kappa shape index (κ1) is 21.0. The summed E-state index contributed by atoms with van der Waals surface area (Å²) in [4.78, 5) is 8.20. The third-order valence-corrected chi connectivity index (χ3v) is 4.37. The van der Waals surface area contributed by atoms with Crippen LogP contribution in [0.4, 0.5) is 8.78 Å². The highest BCUT2D eigenvalue weighted by atomic mass is 19.3. The maximum absolute atomic E-state index is 12.8. The van der Waals surface area contributed by atoms with Crippen LogP contribution in [0.2, 0.25) is 0 Å². The van der Waals surface area contributed by atoms with Crippen molar-refractivity contribution in [3.63, 3.8) is 0 Å². The minimum Gasteiger partial charge on any atom is -0.472 e. The number of azo groups is 1. The summed E-state index contributed by atoms with van der Waals surface area (Å²) in [6.07, 6.45) is 0.122. The van der Waals surface area contributed by atoms with E-state index >= 15 is 0 Å². The van der Waals surface area contributed by atoms with Gasteiger partial charge in [0.05, 0.1) is 11.4 Å². The molecule has 0 saturated heterocycles. The number of ether oxygens (including phenoxy) is 1. The lowest BCUT2D eigenvalue weighted by molar-refractivity contribution is 0.151. The van der Waals surface area contributed by atoms with Crippen LogP contribution in [0.5, 0.6) is 5.88 Å². The zero-order chi connectivity index (χ0) is 22.5. The Bertz CT molecular complexity index is 1270. The molecule has 4 heterocycles. The number of alkyl halides is 2. The molecule has 162 valence electrons. The van der Waals surface area contributed by atoms with Gasteiger partial charge in [0, 0.05) is 36.6 Å². The van der Waals surface area contributed by atoms with E-state index in [2.05, 4.69) is 45.3 Å². The summed E-state index contributed by atoms with van der Waals surface area (Å²) in [5.41, 5.74) is 3.55. The highest BCUT2D eigenvalue weighted by Crippen LogP contribution is 2.24. The lowest BCUT2D eigenvalue weighted by Gasteiger charge is -2.09. The van der Waals surface area contributed by atoms with Gasteiger partial charge >= 0.3 is 0 Å². The Morgan fingerprint density at radius 3 is 2.66 bits per heavy atom. The molecule has 4 aromatic heterocycles. The fourth-order valence-electron chi connectivity index (χ4n) is 2.76. The first-order chi connectivity index (χ1) is 15.5. The van der Waals surface area contributed by atoms with Crippen molar-refractivity contribution in [2.75, 3.05) is 13.7 Å². The summed E-state index contributed by atoms with van der Waals surface area (Å²) in [7, 11) is 1.51.